The maximum atomic E-state index is 12.4. The number of thioether (sulfide) groups is 2. The van der Waals surface area contributed by atoms with Crippen LogP contribution in [0.25, 0.3) is 0 Å². The van der Waals surface area contributed by atoms with Crippen LogP contribution in [-0.2, 0) is 16.6 Å². The lowest BCUT2D eigenvalue weighted by Gasteiger charge is -2.21. The first kappa shape index (κ1) is 17.6. The molecule has 1 aromatic heterocycles. The standard InChI is InChI=1S/C13H22N2O2S4/c1-2-4-14-9-12-13(3-5-20-12)21(16,17)15-8-11-10-18-6-7-19-11/h3,5,11,14-15H,2,4,6-10H2,1H3. The molecule has 8 heteroatoms. The monoisotopic (exact) mass is 366 g/mol. The molecule has 4 nitrogen and oxygen atoms in total. The third kappa shape index (κ3) is 5.44. The second-order valence-corrected chi connectivity index (χ2v) is 10.1. The van der Waals surface area contributed by atoms with Gasteiger partial charge < -0.3 is 5.32 Å². The molecule has 2 N–H and O–H groups in total. The zero-order chi connectivity index (χ0) is 15.1. The molecule has 2 rings (SSSR count). The van der Waals surface area contributed by atoms with Crippen LogP contribution in [-0.4, -0.2) is 44.0 Å². The summed E-state index contributed by atoms with van der Waals surface area (Å²) in [4.78, 5) is 1.33. The van der Waals surface area contributed by atoms with Crippen LogP contribution in [0.2, 0.25) is 0 Å². The third-order valence-corrected chi connectivity index (χ3v) is 8.50. The lowest BCUT2D eigenvalue weighted by Crippen LogP contribution is -2.33. The highest BCUT2D eigenvalue weighted by Gasteiger charge is 2.22. The second-order valence-electron chi connectivity index (χ2n) is 4.80. The van der Waals surface area contributed by atoms with Gasteiger partial charge in [-0.2, -0.15) is 23.5 Å². The Morgan fingerprint density at radius 1 is 1.38 bits per heavy atom. The molecule has 1 saturated heterocycles. The Balaban J connectivity index is 1.93. The maximum Gasteiger partial charge on any atom is 0.241 e. The van der Waals surface area contributed by atoms with Crippen molar-refractivity contribution >= 4 is 44.9 Å². The van der Waals surface area contributed by atoms with Crippen molar-refractivity contribution in [3.63, 3.8) is 0 Å². The summed E-state index contributed by atoms with van der Waals surface area (Å²) in [5.74, 6) is 3.31. The summed E-state index contributed by atoms with van der Waals surface area (Å²) in [5.41, 5.74) is 0. The molecular formula is C13H22N2O2S4. The molecule has 0 saturated carbocycles. The minimum absolute atomic E-state index is 0.388. The molecular weight excluding hydrogens is 344 g/mol. The van der Waals surface area contributed by atoms with Gasteiger partial charge in [0.1, 0.15) is 0 Å². The summed E-state index contributed by atoms with van der Waals surface area (Å²) < 4.78 is 27.7. The molecule has 2 heterocycles. The SMILES string of the molecule is CCCNCc1sccc1S(=O)(=O)NCC1CSCCS1. The van der Waals surface area contributed by atoms with Gasteiger partial charge in [0.05, 0.1) is 4.90 Å². The highest BCUT2D eigenvalue weighted by molar-refractivity contribution is 8.06. The lowest BCUT2D eigenvalue weighted by atomic mass is 10.4. The van der Waals surface area contributed by atoms with Crippen LogP contribution in [0.5, 0.6) is 0 Å². The lowest BCUT2D eigenvalue weighted by molar-refractivity contribution is 0.579. The van der Waals surface area contributed by atoms with E-state index in [1.54, 1.807) is 6.07 Å². The summed E-state index contributed by atoms with van der Waals surface area (Å²) >= 11 is 5.27. The molecule has 0 amide bonds. The van der Waals surface area contributed by atoms with Gasteiger partial charge in [-0.15, -0.1) is 11.3 Å². The van der Waals surface area contributed by atoms with Crippen molar-refractivity contribution in [2.24, 2.45) is 0 Å². The summed E-state index contributed by atoms with van der Waals surface area (Å²) in [6.07, 6.45) is 1.04. The van der Waals surface area contributed by atoms with E-state index in [-0.39, 0.29) is 0 Å². The Morgan fingerprint density at radius 3 is 2.95 bits per heavy atom. The molecule has 0 aliphatic carbocycles. The van der Waals surface area contributed by atoms with Crippen LogP contribution in [0.1, 0.15) is 18.2 Å². The first-order valence-corrected chi connectivity index (χ1v) is 11.7. The van der Waals surface area contributed by atoms with Crippen LogP contribution in [0, 0.1) is 0 Å². The summed E-state index contributed by atoms with van der Waals surface area (Å²) in [5, 5.41) is 5.50. The van der Waals surface area contributed by atoms with Crippen molar-refractivity contribution in [2.75, 3.05) is 30.3 Å². The van der Waals surface area contributed by atoms with E-state index in [9.17, 15) is 8.42 Å². The minimum atomic E-state index is -3.39. The molecule has 0 spiro atoms. The zero-order valence-electron chi connectivity index (χ0n) is 12.1. The molecule has 1 aliphatic rings. The Hall–Kier alpha value is 0.270. The molecule has 1 aliphatic heterocycles. The molecule has 1 aromatic rings. The fraction of sp³-hybridized carbons (Fsp3) is 0.692. The van der Waals surface area contributed by atoms with Crippen molar-refractivity contribution in [1.29, 1.82) is 0 Å². The van der Waals surface area contributed by atoms with Crippen molar-refractivity contribution < 1.29 is 8.42 Å². The van der Waals surface area contributed by atoms with Crippen LogP contribution < -0.4 is 10.0 Å². The van der Waals surface area contributed by atoms with Crippen LogP contribution >= 0.6 is 34.9 Å². The molecule has 1 atom stereocenters. The van der Waals surface area contributed by atoms with Gasteiger partial charge in [0.15, 0.2) is 0 Å². The predicted molar refractivity (Wildman–Crippen MR) is 95.1 cm³/mol. The number of hydrogen-bond acceptors (Lipinski definition) is 6. The molecule has 0 radical (unpaired) electrons. The van der Waals surface area contributed by atoms with Crippen LogP contribution in [0.4, 0.5) is 0 Å². The van der Waals surface area contributed by atoms with Crippen molar-refractivity contribution in [2.45, 2.75) is 30.0 Å². The first-order valence-electron chi connectivity index (χ1n) is 7.09. The third-order valence-electron chi connectivity index (χ3n) is 3.09. The van der Waals surface area contributed by atoms with Gasteiger partial charge in [0.25, 0.3) is 0 Å². The van der Waals surface area contributed by atoms with E-state index in [1.165, 1.54) is 17.1 Å². The van der Waals surface area contributed by atoms with E-state index in [2.05, 4.69) is 17.0 Å². The van der Waals surface area contributed by atoms with Gasteiger partial charge >= 0.3 is 0 Å². The molecule has 1 fully saturated rings. The minimum Gasteiger partial charge on any atom is -0.312 e. The fourth-order valence-electron chi connectivity index (χ4n) is 2.01. The van der Waals surface area contributed by atoms with Crippen molar-refractivity contribution in [1.82, 2.24) is 10.0 Å². The first-order chi connectivity index (χ1) is 10.1. The topological polar surface area (TPSA) is 58.2 Å². The van der Waals surface area contributed by atoms with Crippen molar-refractivity contribution in [3.8, 4) is 0 Å². The van der Waals surface area contributed by atoms with Gasteiger partial charge in [-0.25, -0.2) is 13.1 Å². The molecule has 21 heavy (non-hydrogen) atoms. The molecule has 0 aromatic carbocycles. The summed E-state index contributed by atoms with van der Waals surface area (Å²) in [6, 6.07) is 1.71. The van der Waals surface area contributed by atoms with E-state index in [0.29, 0.717) is 23.2 Å². The smallest absolute Gasteiger partial charge is 0.241 e. The highest BCUT2D eigenvalue weighted by atomic mass is 32.2. The van der Waals surface area contributed by atoms with Gasteiger partial charge in [-0.3, -0.25) is 0 Å². The normalized spacial score (nSPS) is 19.8. The van der Waals surface area contributed by atoms with E-state index in [4.69, 9.17) is 0 Å². The average Bonchev–Trinajstić information content (AvgIpc) is 2.96. The maximum absolute atomic E-state index is 12.4. The number of sulfonamides is 1. The van der Waals surface area contributed by atoms with E-state index < -0.39 is 10.0 Å². The van der Waals surface area contributed by atoms with Crippen LogP contribution in [0.3, 0.4) is 0 Å². The predicted octanol–water partition coefficient (Wildman–Crippen LogP) is 2.37. The van der Waals surface area contributed by atoms with Gasteiger partial charge in [-0.1, -0.05) is 6.92 Å². The number of nitrogens with one attached hydrogen (secondary N) is 2. The Bertz CT molecular complexity index is 524. The van der Waals surface area contributed by atoms with E-state index in [0.717, 1.165) is 29.3 Å². The molecule has 0 bridgehead atoms. The largest absolute Gasteiger partial charge is 0.312 e. The van der Waals surface area contributed by atoms with Gasteiger partial charge in [0, 0.05) is 40.5 Å². The highest BCUT2D eigenvalue weighted by Crippen LogP contribution is 2.25. The van der Waals surface area contributed by atoms with Gasteiger partial charge in [-0.05, 0) is 24.4 Å². The number of thiophene rings is 1. The molecule has 120 valence electrons. The fourth-order valence-corrected chi connectivity index (χ4v) is 7.22. The Morgan fingerprint density at radius 2 is 2.24 bits per heavy atom. The van der Waals surface area contributed by atoms with Crippen molar-refractivity contribution in [3.05, 3.63) is 16.3 Å². The summed E-state index contributed by atoms with van der Waals surface area (Å²) in [7, 11) is -3.39. The average molecular weight is 367 g/mol. The van der Waals surface area contributed by atoms with E-state index >= 15 is 0 Å². The number of rotatable bonds is 8. The van der Waals surface area contributed by atoms with Crippen LogP contribution in [0.15, 0.2) is 16.3 Å². The molecule has 1 unspecified atom stereocenters. The van der Waals surface area contributed by atoms with E-state index in [1.807, 2.05) is 28.9 Å². The Kier molecular flexibility index (Phi) is 7.37. The Labute approximate surface area is 139 Å². The second kappa shape index (κ2) is 8.79. The number of hydrogen-bond donors (Lipinski definition) is 2. The zero-order valence-corrected chi connectivity index (χ0v) is 15.4. The quantitative estimate of drug-likeness (QED) is 0.692. The van der Waals surface area contributed by atoms with Gasteiger partial charge in [0.2, 0.25) is 10.0 Å². The summed E-state index contributed by atoms with van der Waals surface area (Å²) in [6.45, 7) is 4.15.